The molecule has 0 bridgehead atoms. The number of nitrogens with zero attached hydrogens (tertiary/aromatic N) is 2. The number of fused-ring (bicyclic) bond motifs is 1. The summed E-state index contributed by atoms with van der Waals surface area (Å²) in [6, 6.07) is 24.1. The number of anilines is 1. The molecule has 0 spiro atoms. The molecule has 0 unspecified atom stereocenters. The van der Waals surface area contributed by atoms with Crippen LogP contribution < -0.4 is 4.90 Å². The van der Waals surface area contributed by atoms with Crippen LogP contribution in [0, 0.1) is 0 Å². The first-order chi connectivity index (χ1) is 13.2. The minimum atomic E-state index is 0.146. The molecule has 0 atom stereocenters. The molecule has 3 aromatic carbocycles. The van der Waals surface area contributed by atoms with E-state index >= 15 is 0 Å². The number of benzene rings is 3. The summed E-state index contributed by atoms with van der Waals surface area (Å²) >= 11 is 0. The van der Waals surface area contributed by atoms with Crippen LogP contribution in [0.2, 0.25) is 0 Å². The summed E-state index contributed by atoms with van der Waals surface area (Å²) in [6.45, 7) is 8.79. The normalized spacial score (nSPS) is 14.6. The molecule has 27 heavy (non-hydrogen) atoms. The molecule has 2 nitrogen and oxygen atoms in total. The van der Waals surface area contributed by atoms with Gasteiger partial charge in [0, 0.05) is 17.8 Å². The quantitative estimate of drug-likeness (QED) is 0.532. The van der Waals surface area contributed by atoms with E-state index in [2.05, 4.69) is 92.4 Å². The Morgan fingerprint density at radius 3 is 2.19 bits per heavy atom. The van der Waals surface area contributed by atoms with Gasteiger partial charge < -0.3 is 4.90 Å². The summed E-state index contributed by atoms with van der Waals surface area (Å²) < 4.78 is 0. The first-order valence-electron chi connectivity index (χ1n) is 10.1. The molecule has 0 amide bonds. The third-order valence-electron chi connectivity index (χ3n) is 6.25. The first kappa shape index (κ1) is 17.8. The first-order valence-corrected chi connectivity index (χ1v) is 10.1. The Morgan fingerprint density at radius 2 is 1.52 bits per heavy atom. The molecule has 1 aliphatic heterocycles. The van der Waals surface area contributed by atoms with Crippen molar-refractivity contribution in [3.63, 3.8) is 0 Å². The maximum absolute atomic E-state index is 4.96. The number of amidine groups is 1. The lowest BCUT2D eigenvalue weighted by Gasteiger charge is -2.32. The molecular formula is C25H28N2. The maximum atomic E-state index is 4.96. The van der Waals surface area contributed by atoms with Gasteiger partial charge in [-0.1, -0.05) is 63.2 Å². The van der Waals surface area contributed by atoms with E-state index in [0.29, 0.717) is 0 Å². The van der Waals surface area contributed by atoms with Crippen molar-refractivity contribution in [3.05, 3.63) is 77.9 Å². The predicted octanol–water partition coefficient (Wildman–Crippen LogP) is 6.18. The number of hydrogen-bond donors (Lipinski definition) is 0. The summed E-state index contributed by atoms with van der Waals surface area (Å²) in [5.41, 5.74) is 4.09. The number of hydrogen-bond acceptors (Lipinski definition) is 2. The van der Waals surface area contributed by atoms with Crippen molar-refractivity contribution in [3.8, 4) is 0 Å². The zero-order valence-electron chi connectivity index (χ0n) is 16.6. The lowest BCUT2D eigenvalue weighted by atomic mass is 9.74. The Morgan fingerprint density at radius 1 is 0.889 bits per heavy atom. The van der Waals surface area contributed by atoms with Gasteiger partial charge in [-0.3, -0.25) is 4.99 Å². The van der Waals surface area contributed by atoms with Gasteiger partial charge in [-0.15, -0.1) is 0 Å². The van der Waals surface area contributed by atoms with Crippen molar-refractivity contribution >= 4 is 22.3 Å². The van der Waals surface area contributed by atoms with Gasteiger partial charge >= 0.3 is 0 Å². The minimum absolute atomic E-state index is 0.146. The third kappa shape index (κ3) is 3.14. The summed E-state index contributed by atoms with van der Waals surface area (Å²) in [5, 5.41) is 2.60. The second-order valence-electron chi connectivity index (χ2n) is 7.71. The van der Waals surface area contributed by atoms with Crippen LogP contribution in [0.25, 0.3) is 10.8 Å². The maximum Gasteiger partial charge on any atom is 0.135 e. The second kappa shape index (κ2) is 7.19. The van der Waals surface area contributed by atoms with Gasteiger partial charge in [0.15, 0.2) is 0 Å². The minimum Gasteiger partial charge on any atom is -0.324 e. The highest BCUT2D eigenvalue weighted by atomic mass is 15.2. The average molecular weight is 357 g/mol. The number of aliphatic imine (C=N–C) groups is 1. The zero-order valence-corrected chi connectivity index (χ0v) is 16.6. The summed E-state index contributed by atoms with van der Waals surface area (Å²) in [6.07, 6.45) is 2.24. The number of rotatable bonds is 5. The van der Waals surface area contributed by atoms with Crippen LogP contribution in [0.3, 0.4) is 0 Å². The van der Waals surface area contributed by atoms with Crippen LogP contribution in [0.5, 0.6) is 0 Å². The summed E-state index contributed by atoms with van der Waals surface area (Å²) in [7, 11) is 0. The molecule has 0 saturated heterocycles. The van der Waals surface area contributed by atoms with Crippen molar-refractivity contribution in [1.82, 2.24) is 0 Å². The van der Waals surface area contributed by atoms with Crippen molar-refractivity contribution < 1.29 is 0 Å². The van der Waals surface area contributed by atoms with Gasteiger partial charge in [0.2, 0.25) is 0 Å². The highest BCUT2D eigenvalue weighted by Crippen LogP contribution is 2.37. The molecule has 1 aliphatic rings. The molecule has 0 saturated carbocycles. The van der Waals surface area contributed by atoms with Crippen LogP contribution >= 0.6 is 0 Å². The smallest absolute Gasteiger partial charge is 0.135 e. The SMILES string of the molecule is CCC(C)(CC)c1cc2ccccc2cc1C1=NCCN1c1ccccc1. The van der Waals surface area contributed by atoms with Gasteiger partial charge in [-0.2, -0.15) is 0 Å². The van der Waals surface area contributed by atoms with E-state index in [4.69, 9.17) is 4.99 Å². The Kier molecular flexibility index (Phi) is 4.73. The van der Waals surface area contributed by atoms with Crippen LogP contribution in [-0.4, -0.2) is 18.9 Å². The highest BCUT2D eigenvalue weighted by molar-refractivity contribution is 6.13. The molecule has 1 heterocycles. The van der Waals surface area contributed by atoms with E-state index < -0.39 is 0 Å². The van der Waals surface area contributed by atoms with Crippen molar-refractivity contribution in [2.75, 3.05) is 18.0 Å². The summed E-state index contributed by atoms with van der Waals surface area (Å²) in [5.74, 6) is 1.12. The molecule has 2 heteroatoms. The zero-order chi connectivity index (χ0) is 18.9. The monoisotopic (exact) mass is 356 g/mol. The molecule has 0 aliphatic carbocycles. The van der Waals surface area contributed by atoms with E-state index in [1.165, 1.54) is 27.6 Å². The van der Waals surface area contributed by atoms with Gasteiger partial charge in [0.05, 0.1) is 6.54 Å². The van der Waals surface area contributed by atoms with Crippen LogP contribution in [0.1, 0.15) is 44.7 Å². The van der Waals surface area contributed by atoms with Gasteiger partial charge in [-0.05, 0) is 58.9 Å². The Labute approximate surface area is 162 Å². The van der Waals surface area contributed by atoms with E-state index in [0.717, 1.165) is 31.8 Å². The molecule has 0 N–H and O–H groups in total. The molecule has 3 aromatic rings. The van der Waals surface area contributed by atoms with Gasteiger partial charge in [-0.25, -0.2) is 0 Å². The largest absolute Gasteiger partial charge is 0.324 e. The topological polar surface area (TPSA) is 15.6 Å². The van der Waals surface area contributed by atoms with E-state index in [1.54, 1.807) is 0 Å². The van der Waals surface area contributed by atoms with Crippen molar-refractivity contribution in [2.45, 2.75) is 39.0 Å². The van der Waals surface area contributed by atoms with E-state index in [1.807, 2.05) is 0 Å². The molecule has 0 aromatic heterocycles. The molecule has 0 radical (unpaired) electrons. The van der Waals surface area contributed by atoms with Crippen molar-refractivity contribution in [2.24, 2.45) is 4.99 Å². The molecule has 0 fully saturated rings. The fourth-order valence-electron chi connectivity index (χ4n) is 4.09. The Hall–Kier alpha value is -2.61. The standard InChI is InChI=1S/C25H28N2/c1-4-25(3,5-2)23-18-20-12-10-9-11-19(20)17-22(23)24-26-15-16-27(24)21-13-7-6-8-14-21/h6-14,17-18H,4-5,15-16H2,1-3H3. The lowest BCUT2D eigenvalue weighted by Crippen LogP contribution is -2.31. The fourth-order valence-corrected chi connectivity index (χ4v) is 4.09. The average Bonchev–Trinajstić information content (AvgIpc) is 3.22. The molecule has 4 rings (SSSR count). The van der Waals surface area contributed by atoms with Crippen LogP contribution in [0.15, 0.2) is 71.7 Å². The van der Waals surface area contributed by atoms with Gasteiger partial charge in [0.25, 0.3) is 0 Å². The Balaban J connectivity index is 1.92. The highest BCUT2D eigenvalue weighted by Gasteiger charge is 2.30. The van der Waals surface area contributed by atoms with Crippen LogP contribution in [0.4, 0.5) is 5.69 Å². The Bertz CT molecular complexity index is 968. The lowest BCUT2D eigenvalue weighted by molar-refractivity contribution is 0.439. The number of para-hydroxylation sites is 1. The van der Waals surface area contributed by atoms with Crippen LogP contribution in [-0.2, 0) is 5.41 Å². The third-order valence-corrected chi connectivity index (χ3v) is 6.25. The molecule has 138 valence electrons. The van der Waals surface area contributed by atoms with Crippen molar-refractivity contribution in [1.29, 1.82) is 0 Å². The molecular weight excluding hydrogens is 328 g/mol. The van der Waals surface area contributed by atoms with E-state index in [-0.39, 0.29) is 5.41 Å². The predicted molar refractivity (Wildman–Crippen MR) is 117 cm³/mol. The second-order valence-corrected chi connectivity index (χ2v) is 7.71. The van der Waals surface area contributed by atoms with E-state index in [9.17, 15) is 0 Å². The van der Waals surface area contributed by atoms with Gasteiger partial charge in [0.1, 0.15) is 5.84 Å². The summed E-state index contributed by atoms with van der Waals surface area (Å²) in [4.78, 5) is 7.33. The fraction of sp³-hybridized carbons (Fsp3) is 0.320.